The second-order valence-electron chi connectivity index (χ2n) is 4.91. The molecule has 0 atom stereocenters. The first-order valence-electron chi connectivity index (χ1n) is 7.48. The molecule has 1 N–H and O–H groups in total. The molecule has 0 bridgehead atoms. The van der Waals surface area contributed by atoms with Gasteiger partial charge in [-0.2, -0.15) is 0 Å². The van der Waals surface area contributed by atoms with Gasteiger partial charge in [-0.15, -0.1) is 0 Å². The van der Waals surface area contributed by atoms with Gasteiger partial charge in [0, 0.05) is 5.56 Å². The fraction of sp³-hybridized carbons (Fsp3) is 0.158. The Morgan fingerprint density at radius 2 is 1.88 bits per heavy atom. The molecule has 24 heavy (non-hydrogen) atoms. The Bertz CT molecular complexity index is 710. The molecule has 124 valence electrons. The number of methoxy groups -OCH3 is 1. The summed E-state index contributed by atoms with van der Waals surface area (Å²) in [5.74, 6) is -0.272. The highest BCUT2D eigenvalue weighted by Crippen LogP contribution is 2.12. The number of nitrogens with one attached hydrogen (secondary N) is 1. The maximum atomic E-state index is 11.9. The summed E-state index contributed by atoms with van der Waals surface area (Å²) >= 11 is 0. The summed E-state index contributed by atoms with van der Waals surface area (Å²) in [4.78, 5) is 23.6. The lowest BCUT2D eigenvalue weighted by molar-refractivity contribution is -0.141. The smallest absolute Gasteiger partial charge is 0.325 e. The first kappa shape index (κ1) is 17.3. The molecule has 0 saturated heterocycles. The lowest BCUT2D eigenvalue weighted by Gasteiger charge is -2.06. The molecular weight excluding hydrogens is 306 g/mol. The zero-order chi connectivity index (χ0) is 17.2. The van der Waals surface area contributed by atoms with Crippen molar-refractivity contribution >= 4 is 18.0 Å². The molecule has 0 heterocycles. The molecule has 0 aliphatic heterocycles. The van der Waals surface area contributed by atoms with Crippen molar-refractivity contribution < 1.29 is 19.1 Å². The van der Waals surface area contributed by atoms with Gasteiger partial charge in [0.25, 0.3) is 5.91 Å². The monoisotopic (exact) mass is 325 g/mol. The first-order valence-corrected chi connectivity index (χ1v) is 7.48. The van der Waals surface area contributed by atoms with Crippen molar-refractivity contribution in [3.8, 4) is 5.75 Å². The van der Waals surface area contributed by atoms with Crippen LogP contribution in [-0.4, -0.2) is 32.1 Å². The van der Waals surface area contributed by atoms with Crippen LogP contribution in [0.3, 0.4) is 0 Å². The van der Waals surface area contributed by atoms with Crippen LogP contribution in [0, 0.1) is 0 Å². The van der Waals surface area contributed by atoms with Crippen molar-refractivity contribution in [1.29, 1.82) is 0 Å². The predicted octanol–water partition coefficient (Wildman–Crippen LogP) is 2.68. The van der Waals surface area contributed by atoms with Gasteiger partial charge in [0.15, 0.2) is 0 Å². The number of amides is 1. The number of carbonyl (C=O) groups is 2. The van der Waals surface area contributed by atoms with Gasteiger partial charge in [-0.1, -0.05) is 42.5 Å². The van der Waals surface area contributed by atoms with Crippen LogP contribution >= 0.6 is 0 Å². The van der Waals surface area contributed by atoms with E-state index in [4.69, 9.17) is 9.47 Å². The minimum absolute atomic E-state index is 0.156. The Hall–Kier alpha value is -3.08. The van der Waals surface area contributed by atoms with Gasteiger partial charge in [-0.25, -0.2) is 0 Å². The van der Waals surface area contributed by atoms with Gasteiger partial charge in [-0.3, -0.25) is 9.59 Å². The van der Waals surface area contributed by atoms with Crippen molar-refractivity contribution in [3.05, 3.63) is 71.8 Å². The number of hydrogen-bond acceptors (Lipinski definition) is 4. The van der Waals surface area contributed by atoms with Crippen molar-refractivity contribution in [2.45, 2.75) is 0 Å². The summed E-state index contributed by atoms with van der Waals surface area (Å²) in [5.41, 5.74) is 1.45. The van der Waals surface area contributed by atoms with Crippen LogP contribution in [0.5, 0.6) is 5.75 Å². The second-order valence-corrected chi connectivity index (χ2v) is 4.91. The molecule has 1 amide bonds. The van der Waals surface area contributed by atoms with Crippen LogP contribution in [0.4, 0.5) is 0 Å². The van der Waals surface area contributed by atoms with Crippen molar-refractivity contribution in [1.82, 2.24) is 5.32 Å². The second kappa shape index (κ2) is 9.15. The number of esters is 1. The van der Waals surface area contributed by atoms with E-state index in [0.29, 0.717) is 11.3 Å². The Labute approximate surface area is 140 Å². The molecule has 0 aliphatic rings. The minimum Gasteiger partial charge on any atom is -0.497 e. The van der Waals surface area contributed by atoms with Gasteiger partial charge in [-0.05, 0) is 29.8 Å². The summed E-state index contributed by atoms with van der Waals surface area (Å²) in [6.07, 6.45) is 3.61. The highest BCUT2D eigenvalue weighted by Gasteiger charge is 2.09. The summed E-state index contributed by atoms with van der Waals surface area (Å²) in [5, 5.41) is 2.52. The van der Waals surface area contributed by atoms with E-state index in [9.17, 15) is 9.59 Å². The van der Waals surface area contributed by atoms with Gasteiger partial charge in [0.05, 0.1) is 7.11 Å². The average Bonchev–Trinajstić information content (AvgIpc) is 2.64. The first-order chi connectivity index (χ1) is 11.7. The lowest BCUT2D eigenvalue weighted by Crippen LogP contribution is -2.30. The quantitative estimate of drug-likeness (QED) is 0.795. The predicted molar refractivity (Wildman–Crippen MR) is 91.8 cm³/mol. The Kier molecular flexibility index (Phi) is 6.58. The van der Waals surface area contributed by atoms with E-state index in [0.717, 1.165) is 5.56 Å². The van der Waals surface area contributed by atoms with E-state index >= 15 is 0 Å². The number of rotatable bonds is 7. The maximum Gasteiger partial charge on any atom is 0.325 e. The third-order valence-corrected chi connectivity index (χ3v) is 3.18. The van der Waals surface area contributed by atoms with Gasteiger partial charge >= 0.3 is 5.97 Å². The molecule has 0 aromatic heterocycles. The molecule has 5 heteroatoms. The van der Waals surface area contributed by atoms with E-state index in [-0.39, 0.29) is 19.1 Å². The molecule has 2 aromatic rings. The van der Waals surface area contributed by atoms with E-state index in [2.05, 4.69) is 5.32 Å². The lowest BCUT2D eigenvalue weighted by atomic mass is 10.2. The summed E-state index contributed by atoms with van der Waals surface area (Å²) < 4.78 is 10.1. The molecule has 5 nitrogen and oxygen atoms in total. The molecule has 0 aliphatic carbocycles. The van der Waals surface area contributed by atoms with E-state index in [1.54, 1.807) is 30.3 Å². The molecule has 2 aromatic carbocycles. The summed E-state index contributed by atoms with van der Waals surface area (Å²) in [7, 11) is 1.53. The fourth-order valence-corrected chi connectivity index (χ4v) is 1.96. The Morgan fingerprint density at radius 1 is 1.08 bits per heavy atom. The van der Waals surface area contributed by atoms with Crippen LogP contribution < -0.4 is 10.1 Å². The van der Waals surface area contributed by atoms with Crippen molar-refractivity contribution in [2.24, 2.45) is 0 Å². The highest BCUT2D eigenvalue weighted by molar-refractivity contribution is 5.96. The van der Waals surface area contributed by atoms with Gasteiger partial charge < -0.3 is 14.8 Å². The van der Waals surface area contributed by atoms with E-state index in [1.165, 1.54) is 7.11 Å². The van der Waals surface area contributed by atoms with Crippen LogP contribution in [0.25, 0.3) is 6.08 Å². The van der Waals surface area contributed by atoms with Crippen LogP contribution in [0.2, 0.25) is 0 Å². The van der Waals surface area contributed by atoms with Crippen LogP contribution in [0.15, 0.2) is 60.7 Å². The Balaban J connectivity index is 1.72. The van der Waals surface area contributed by atoms with E-state index < -0.39 is 5.97 Å². The highest BCUT2D eigenvalue weighted by atomic mass is 16.5. The average molecular weight is 325 g/mol. The van der Waals surface area contributed by atoms with Crippen LogP contribution in [-0.2, 0) is 9.53 Å². The topological polar surface area (TPSA) is 64.6 Å². The molecular formula is C19H19NO4. The Morgan fingerprint density at radius 3 is 2.62 bits per heavy atom. The normalized spacial score (nSPS) is 10.4. The van der Waals surface area contributed by atoms with Gasteiger partial charge in [0.2, 0.25) is 0 Å². The zero-order valence-corrected chi connectivity index (χ0v) is 13.4. The summed E-state index contributed by atoms with van der Waals surface area (Å²) in [6.45, 7) is -0.0298. The standard InChI is InChI=1S/C19H19NO4/c1-23-17-11-5-10-16(13-17)19(22)20-14-18(21)24-12-6-9-15-7-3-2-4-8-15/h2-11,13H,12,14H2,1H3,(H,20,22)/b9-6+. The molecule has 0 unspecified atom stereocenters. The third kappa shape index (κ3) is 5.61. The molecule has 0 fully saturated rings. The number of ether oxygens (including phenoxy) is 2. The summed E-state index contributed by atoms with van der Waals surface area (Å²) in [6, 6.07) is 16.4. The molecule has 2 rings (SSSR count). The number of hydrogen-bond donors (Lipinski definition) is 1. The number of benzene rings is 2. The third-order valence-electron chi connectivity index (χ3n) is 3.18. The molecule has 0 spiro atoms. The van der Waals surface area contributed by atoms with Crippen LogP contribution in [0.1, 0.15) is 15.9 Å². The van der Waals surface area contributed by atoms with Gasteiger partial charge in [0.1, 0.15) is 18.9 Å². The molecule has 0 radical (unpaired) electrons. The fourth-order valence-electron chi connectivity index (χ4n) is 1.96. The molecule has 0 saturated carbocycles. The van der Waals surface area contributed by atoms with Crippen molar-refractivity contribution in [2.75, 3.05) is 20.3 Å². The minimum atomic E-state index is -0.496. The van der Waals surface area contributed by atoms with Crippen molar-refractivity contribution in [3.63, 3.8) is 0 Å². The largest absolute Gasteiger partial charge is 0.497 e. The zero-order valence-electron chi connectivity index (χ0n) is 13.4. The SMILES string of the molecule is COc1cccc(C(=O)NCC(=O)OC/C=C/c2ccccc2)c1. The number of carbonyl (C=O) groups excluding carboxylic acids is 2. The maximum absolute atomic E-state index is 11.9. The van der Waals surface area contributed by atoms with E-state index in [1.807, 2.05) is 36.4 Å².